The highest BCUT2D eigenvalue weighted by Crippen LogP contribution is 2.31. The molecule has 2 aromatic rings. The zero-order valence-corrected chi connectivity index (χ0v) is 19.0. The lowest BCUT2D eigenvalue weighted by molar-refractivity contribution is -0.216. The summed E-state index contributed by atoms with van der Waals surface area (Å²) in [6.07, 6.45) is -5.64. The smallest absolute Gasteiger partial charge is 0.452 e. The molecule has 0 radical (unpaired) electrons. The van der Waals surface area contributed by atoms with E-state index < -0.39 is 18.4 Å². The first-order valence-corrected chi connectivity index (χ1v) is 10.1. The van der Waals surface area contributed by atoms with Crippen LogP contribution in [-0.4, -0.2) is 34.4 Å². The van der Waals surface area contributed by atoms with Gasteiger partial charge in [-0.15, -0.1) is 0 Å². The van der Waals surface area contributed by atoms with E-state index in [2.05, 4.69) is 30.6 Å². The summed E-state index contributed by atoms with van der Waals surface area (Å²) in [5, 5.41) is 12.3. The number of carbonyl (C=O) groups excluding carboxylic acids is 1. The predicted molar refractivity (Wildman–Crippen MR) is 116 cm³/mol. The summed E-state index contributed by atoms with van der Waals surface area (Å²) in [5.41, 5.74) is 3.06. The monoisotopic (exact) mass is 451 g/mol. The molecule has 0 fully saturated rings. The maximum absolute atomic E-state index is 12.6. The Morgan fingerprint density at radius 2 is 1.78 bits per heavy atom. The van der Waals surface area contributed by atoms with Crippen LogP contribution < -0.4 is 0 Å². The summed E-state index contributed by atoms with van der Waals surface area (Å²) >= 11 is 0. The van der Waals surface area contributed by atoms with Gasteiger partial charge < -0.3 is 14.9 Å². The number of alkyl halides is 3. The molecule has 0 bridgehead atoms. The van der Waals surface area contributed by atoms with Crippen molar-refractivity contribution in [2.75, 3.05) is 0 Å². The van der Waals surface area contributed by atoms with Crippen molar-refractivity contribution in [1.82, 2.24) is 9.78 Å². The van der Waals surface area contributed by atoms with E-state index in [9.17, 15) is 18.0 Å². The minimum atomic E-state index is -5.14. The van der Waals surface area contributed by atoms with Gasteiger partial charge in [-0.2, -0.15) is 18.3 Å². The molecular weight excluding hydrogens is 423 g/mol. The van der Waals surface area contributed by atoms with Crippen LogP contribution in [-0.2, 0) is 26.2 Å². The maximum Gasteiger partial charge on any atom is 0.491 e. The normalized spacial score (nSPS) is 13.9. The Kier molecular flexibility index (Phi) is 7.54. The zero-order valence-electron chi connectivity index (χ0n) is 19.0. The molecule has 0 saturated carbocycles. The summed E-state index contributed by atoms with van der Waals surface area (Å²) in [7, 11) is 0. The summed E-state index contributed by atoms with van der Waals surface area (Å²) in [6, 6.07) is 9.18. The molecule has 1 N–H and O–H groups in total. The molecule has 1 aromatic carbocycles. The van der Waals surface area contributed by atoms with Gasteiger partial charge >= 0.3 is 12.1 Å². The number of esters is 1. The Morgan fingerprint density at radius 1 is 1.19 bits per heavy atom. The van der Waals surface area contributed by atoms with Crippen LogP contribution in [0, 0.1) is 12.3 Å². The number of allylic oxidation sites excluding steroid dienone is 1. The number of hydrogen-bond acceptors (Lipinski definition) is 5. The lowest BCUT2D eigenvalue weighted by Gasteiger charge is -2.22. The molecule has 1 atom stereocenters. The number of rotatable bonds is 7. The number of nitrogens with zero attached hydrogens (tertiary/aromatic N) is 2. The standard InChI is InChI=1S/C23H28F3N3O3/c1-7-29-19(12-14(2)28-29)20(31-15(3)32-21(30)23(24,25)26)18(13-27)16-8-10-17(11-9-16)22(4,5)6/h8-13,15,27H,7H2,1-6H3/b20-18-,27-13?. The highest BCUT2D eigenvalue weighted by molar-refractivity contribution is 6.16. The molecule has 32 heavy (non-hydrogen) atoms. The number of hydrogen-bond donors (Lipinski definition) is 1. The fourth-order valence-corrected chi connectivity index (χ4v) is 3.07. The van der Waals surface area contributed by atoms with Gasteiger partial charge in [-0.1, -0.05) is 45.0 Å². The molecule has 1 heterocycles. The fourth-order valence-electron chi connectivity index (χ4n) is 3.07. The first kappa shape index (κ1) is 25.2. The molecule has 0 saturated heterocycles. The highest BCUT2D eigenvalue weighted by atomic mass is 19.4. The van der Waals surface area contributed by atoms with E-state index in [1.165, 1.54) is 6.92 Å². The zero-order chi connectivity index (χ0) is 24.3. The van der Waals surface area contributed by atoms with Gasteiger partial charge in [0.1, 0.15) is 5.69 Å². The molecule has 2 rings (SSSR count). The molecule has 6 nitrogen and oxygen atoms in total. The van der Waals surface area contributed by atoms with Gasteiger partial charge in [0.2, 0.25) is 6.29 Å². The van der Waals surface area contributed by atoms with Crippen LogP contribution in [0.1, 0.15) is 57.1 Å². The number of aromatic nitrogens is 2. The Labute approximate surface area is 185 Å². The van der Waals surface area contributed by atoms with Gasteiger partial charge in [0.05, 0.1) is 5.69 Å². The van der Waals surface area contributed by atoms with Crippen molar-refractivity contribution in [1.29, 1.82) is 5.41 Å². The van der Waals surface area contributed by atoms with Crippen LogP contribution >= 0.6 is 0 Å². The number of carbonyl (C=O) groups is 1. The SMILES string of the molecule is CCn1nc(C)cc1/C(OC(C)OC(=O)C(F)(F)F)=C(\C=N)c1ccc(C(C)(C)C)cc1. The summed E-state index contributed by atoms with van der Waals surface area (Å²) in [4.78, 5) is 11.3. The summed E-state index contributed by atoms with van der Waals surface area (Å²) in [5.74, 6) is -2.26. The minimum absolute atomic E-state index is 0.0787. The number of aryl methyl sites for hydroxylation is 2. The molecule has 0 spiro atoms. The highest BCUT2D eigenvalue weighted by Gasteiger charge is 2.42. The van der Waals surface area contributed by atoms with E-state index in [4.69, 9.17) is 10.1 Å². The molecule has 0 aliphatic carbocycles. The minimum Gasteiger partial charge on any atom is -0.452 e. The van der Waals surface area contributed by atoms with Gasteiger partial charge in [-0.05, 0) is 36.5 Å². The van der Waals surface area contributed by atoms with Crippen molar-refractivity contribution < 1.29 is 27.4 Å². The van der Waals surface area contributed by atoms with Crippen LogP contribution in [0.5, 0.6) is 0 Å². The molecule has 0 amide bonds. The van der Waals surface area contributed by atoms with Gasteiger partial charge in [-0.25, -0.2) is 4.79 Å². The molecule has 9 heteroatoms. The lowest BCUT2D eigenvalue weighted by Crippen LogP contribution is -2.30. The first-order chi connectivity index (χ1) is 14.8. The quantitative estimate of drug-likeness (QED) is 0.261. The molecule has 0 aliphatic heterocycles. The van der Waals surface area contributed by atoms with Crippen molar-refractivity contribution in [3.8, 4) is 0 Å². The van der Waals surface area contributed by atoms with Gasteiger partial charge in [0.25, 0.3) is 0 Å². The van der Waals surface area contributed by atoms with E-state index in [0.29, 0.717) is 29.1 Å². The second-order valence-corrected chi connectivity index (χ2v) is 8.29. The van der Waals surface area contributed by atoms with Gasteiger partial charge in [0, 0.05) is 25.3 Å². The van der Waals surface area contributed by atoms with Crippen LogP contribution in [0.4, 0.5) is 13.2 Å². The third kappa shape index (κ3) is 5.99. The van der Waals surface area contributed by atoms with Gasteiger partial charge in [0.15, 0.2) is 5.76 Å². The number of nitrogens with one attached hydrogen (secondary N) is 1. The third-order valence-corrected chi connectivity index (χ3v) is 4.67. The Balaban J connectivity index is 2.58. The second kappa shape index (κ2) is 9.58. The largest absolute Gasteiger partial charge is 0.491 e. The topological polar surface area (TPSA) is 77.2 Å². The molecule has 174 valence electrons. The average molecular weight is 451 g/mol. The van der Waals surface area contributed by atoms with Gasteiger partial charge in [-0.3, -0.25) is 4.68 Å². The Hall–Kier alpha value is -3.10. The van der Waals surface area contributed by atoms with Crippen molar-refractivity contribution >= 4 is 23.5 Å². The maximum atomic E-state index is 12.6. The summed E-state index contributed by atoms with van der Waals surface area (Å²) in [6.45, 7) is 11.5. The van der Waals surface area contributed by atoms with Crippen molar-refractivity contribution in [3.63, 3.8) is 0 Å². The lowest BCUT2D eigenvalue weighted by atomic mass is 9.86. The first-order valence-electron chi connectivity index (χ1n) is 10.1. The molecule has 0 aliphatic rings. The van der Waals surface area contributed by atoms with Crippen molar-refractivity contribution in [2.45, 2.75) is 66.0 Å². The summed E-state index contributed by atoms with van der Waals surface area (Å²) < 4.78 is 49.6. The second-order valence-electron chi connectivity index (χ2n) is 8.29. The van der Waals surface area contributed by atoms with E-state index in [0.717, 1.165) is 11.8 Å². The van der Waals surface area contributed by atoms with Crippen LogP contribution in [0.3, 0.4) is 0 Å². The number of ether oxygens (including phenoxy) is 2. The Morgan fingerprint density at radius 3 is 2.25 bits per heavy atom. The molecule has 1 aromatic heterocycles. The van der Waals surface area contributed by atoms with E-state index in [-0.39, 0.29) is 11.2 Å². The molecular formula is C23H28F3N3O3. The third-order valence-electron chi connectivity index (χ3n) is 4.67. The fraction of sp³-hybridized carbons (Fsp3) is 0.435. The van der Waals surface area contributed by atoms with Crippen molar-refractivity contribution in [2.24, 2.45) is 0 Å². The van der Waals surface area contributed by atoms with E-state index in [1.54, 1.807) is 17.7 Å². The average Bonchev–Trinajstić information content (AvgIpc) is 3.07. The van der Waals surface area contributed by atoms with Crippen LogP contribution in [0.2, 0.25) is 0 Å². The van der Waals surface area contributed by atoms with Crippen LogP contribution in [0.25, 0.3) is 11.3 Å². The number of benzene rings is 1. The van der Waals surface area contributed by atoms with E-state index >= 15 is 0 Å². The number of halogens is 3. The Bertz CT molecular complexity index is 1000. The van der Waals surface area contributed by atoms with Crippen LogP contribution in [0.15, 0.2) is 30.3 Å². The molecule has 1 unspecified atom stereocenters. The predicted octanol–water partition coefficient (Wildman–Crippen LogP) is 5.49. The van der Waals surface area contributed by atoms with Crippen molar-refractivity contribution in [3.05, 3.63) is 52.8 Å². The van der Waals surface area contributed by atoms with E-state index in [1.807, 2.05) is 31.2 Å².